The average molecular weight is 303 g/mol. The lowest BCUT2D eigenvalue weighted by atomic mass is 9.77. The Morgan fingerprint density at radius 3 is 2.35 bits per heavy atom. The van der Waals surface area contributed by atoms with Crippen LogP contribution in [0.4, 0.5) is 0 Å². The lowest BCUT2D eigenvalue weighted by molar-refractivity contribution is -0.146. The number of sulfonamides is 1. The van der Waals surface area contributed by atoms with Crippen LogP contribution in [0, 0.1) is 5.92 Å². The van der Waals surface area contributed by atoms with E-state index in [0.717, 1.165) is 32.1 Å². The van der Waals surface area contributed by atoms with Gasteiger partial charge in [-0.3, -0.25) is 4.79 Å². The van der Waals surface area contributed by atoms with Crippen molar-refractivity contribution in [3.8, 4) is 0 Å². The SMILES string of the molecule is CC1CCCC(NS(=O)(=O)C2CCCCC2)(C(=O)O)C1. The molecule has 20 heavy (non-hydrogen) atoms. The molecule has 2 saturated carbocycles. The van der Waals surface area contributed by atoms with Gasteiger partial charge in [0.05, 0.1) is 5.25 Å². The van der Waals surface area contributed by atoms with Crippen LogP contribution >= 0.6 is 0 Å². The predicted octanol–water partition coefficient (Wildman–Crippen LogP) is 2.27. The van der Waals surface area contributed by atoms with Gasteiger partial charge in [0.25, 0.3) is 0 Å². The highest BCUT2D eigenvalue weighted by Crippen LogP contribution is 2.34. The van der Waals surface area contributed by atoms with Gasteiger partial charge in [0.15, 0.2) is 0 Å². The van der Waals surface area contributed by atoms with Crippen LogP contribution in [0.2, 0.25) is 0 Å². The molecule has 0 saturated heterocycles. The summed E-state index contributed by atoms with van der Waals surface area (Å²) in [5.74, 6) is -0.780. The highest BCUT2D eigenvalue weighted by molar-refractivity contribution is 7.90. The summed E-state index contributed by atoms with van der Waals surface area (Å²) in [5, 5.41) is 9.13. The quantitative estimate of drug-likeness (QED) is 0.834. The Labute approximate surface area is 121 Å². The van der Waals surface area contributed by atoms with Crippen LogP contribution in [-0.4, -0.2) is 30.3 Å². The van der Waals surface area contributed by atoms with Gasteiger partial charge < -0.3 is 5.11 Å². The van der Waals surface area contributed by atoms with Gasteiger partial charge >= 0.3 is 5.97 Å². The van der Waals surface area contributed by atoms with Crippen LogP contribution < -0.4 is 4.72 Å². The van der Waals surface area contributed by atoms with Gasteiger partial charge in [-0.05, 0) is 31.6 Å². The number of carboxylic acids is 1. The van der Waals surface area contributed by atoms with E-state index >= 15 is 0 Å². The van der Waals surface area contributed by atoms with Crippen molar-refractivity contribution in [3.63, 3.8) is 0 Å². The smallest absolute Gasteiger partial charge is 0.324 e. The Bertz CT molecular complexity index is 456. The monoisotopic (exact) mass is 303 g/mol. The zero-order valence-electron chi connectivity index (χ0n) is 12.1. The van der Waals surface area contributed by atoms with Crippen molar-refractivity contribution < 1.29 is 18.3 Å². The summed E-state index contributed by atoms with van der Waals surface area (Å²) in [4.78, 5) is 11.7. The van der Waals surface area contributed by atoms with Crippen molar-refractivity contribution in [1.29, 1.82) is 0 Å². The molecule has 0 heterocycles. The van der Waals surface area contributed by atoms with Crippen molar-refractivity contribution in [2.75, 3.05) is 0 Å². The molecule has 0 aliphatic heterocycles. The van der Waals surface area contributed by atoms with Crippen LogP contribution in [0.1, 0.15) is 64.7 Å². The number of nitrogens with one attached hydrogen (secondary N) is 1. The summed E-state index contributed by atoms with van der Waals surface area (Å²) in [6.45, 7) is 1.99. The maximum atomic E-state index is 12.5. The van der Waals surface area contributed by atoms with Crippen LogP contribution in [0.25, 0.3) is 0 Å². The Balaban J connectivity index is 2.16. The fourth-order valence-corrected chi connectivity index (χ4v) is 5.55. The van der Waals surface area contributed by atoms with Crippen LogP contribution in [0.5, 0.6) is 0 Å². The lowest BCUT2D eigenvalue weighted by Crippen LogP contribution is -2.58. The molecule has 5 nitrogen and oxygen atoms in total. The molecule has 6 heteroatoms. The maximum absolute atomic E-state index is 12.5. The summed E-state index contributed by atoms with van der Waals surface area (Å²) < 4.78 is 27.6. The molecule has 2 aliphatic rings. The molecule has 2 N–H and O–H groups in total. The topological polar surface area (TPSA) is 83.5 Å². The molecule has 0 amide bonds. The van der Waals surface area contributed by atoms with Gasteiger partial charge in [-0.25, -0.2) is 8.42 Å². The van der Waals surface area contributed by atoms with Crippen molar-refractivity contribution >= 4 is 16.0 Å². The lowest BCUT2D eigenvalue weighted by Gasteiger charge is -2.38. The number of carboxylic acid groups (broad SMARTS) is 1. The van der Waals surface area contributed by atoms with Crippen LogP contribution in [-0.2, 0) is 14.8 Å². The van der Waals surface area contributed by atoms with Crippen molar-refractivity contribution in [3.05, 3.63) is 0 Å². The van der Waals surface area contributed by atoms with Gasteiger partial charge in [-0.2, -0.15) is 4.72 Å². The minimum Gasteiger partial charge on any atom is -0.480 e. The van der Waals surface area contributed by atoms with Gasteiger partial charge in [-0.1, -0.05) is 39.0 Å². The molecule has 0 bridgehead atoms. The number of hydrogen-bond acceptors (Lipinski definition) is 3. The molecule has 2 atom stereocenters. The molecule has 2 unspecified atom stereocenters. The van der Waals surface area contributed by atoms with Crippen LogP contribution in [0.3, 0.4) is 0 Å². The molecule has 0 aromatic heterocycles. The molecule has 0 spiro atoms. The zero-order chi connectivity index (χ0) is 14.8. The van der Waals surface area contributed by atoms with Crippen molar-refractivity contribution in [2.24, 2.45) is 5.92 Å². The number of aliphatic carboxylic acids is 1. The standard InChI is InChI=1S/C14H25NO4S/c1-11-6-5-9-14(10-11,13(16)17)15-20(18,19)12-7-3-2-4-8-12/h11-12,15H,2-10H2,1H3,(H,16,17). The first-order valence-corrected chi connectivity index (χ1v) is 9.16. The average Bonchev–Trinajstić information content (AvgIpc) is 2.39. The Kier molecular flexibility index (Phi) is 4.74. The molecular weight excluding hydrogens is 278 g/mol. The molecule has 2 fully saturated rings. The number of carbonyl (C=O) groups is 1. The summed E-state index contributed by atoms with van der Waals surface area (Å²) in [7, 11) is -3.54. The van der Waals surface area contributed by atoms with Gasteiger partial charge in [0.2, 0.25) is 10.0 Å². The van der Waals surface area contributed by atoms with E-state index in [2.05, 4.69) is 4.72 Å². The molecule has 0 aromatic rings. The fraction of sp³-hybridized carbons (Fsp3) is 0.929. The largest absolute Gasteiger partial charge is 0.480 e. The maximum Gasteiger partial charge on any atom is 0.324 e. The molecular formula is C14H25NO4S. The summed E-state index contributed by atoms with van der Waals surface area (Å²) >= 11 is 0. The number of rotatable bonds is 4. The van der Waals surface area contributed by atoms with E-state index in [9.17, 15) is 18.3 Å². The predicted molar refractivity (Wildman–Crippen MR) is 76.9 cm³/mol. The number of hydrogen-bond donors (Lipinski definition) is 2. The zero-order valence-corrected chi connectivity index (χ0v) is 12.9. The van der Waals surface area contributed by atoms with Gasteiger partial charge in [-0.15, -0.1) is 0 Å². The fourth-order valence-electron chi connectivity index (χ4n) is 3.61. The molecule has 0 radical (unpaired) electrons. The van der Waals surface area contributed by atoms with E-state index in [1.54, 1.807) is 0 Å². The minimum atomic E-state index is -3.54. The second kappa shape index (κ2) is 6.02. The third kappa shape index (κ3) is 3.34. The second-order valence-electron chi connectivity index (χ2n) is 6.50. The van der Waals surface area contributed by atoms with Gasteiger partial charge in [0.1, 0.15) is 5.54 Å². The van der Waals surface area contributed by atoms with Crippen LogP contribution in [0.15, 0.2) is 0 Å². The van der Waals surface area contributed by atoms with E-state index in [1.807, 2.05) is 6.92 Å². The highest BCUT2D eigenvalue weighted by Gasteiger charge is 2.46. The normalized spacial score (nSPS) is 33.0. The van der Waals surface area contributed by atoms with E-state index in [-0.39, 0.29) is 5.92 Å². The third-order valence-electron chi connectivity index (χ3n) is 4.74. The Hall–Kier alpha value is -0.620. The van der Waals surface area contributed by atoms with Gasteiger partial charge in [0, 0.05) is 0 Å². The van der Waals surface area contributed by atoms with E-state index in [1.165, 1.54) is 0 Å². The van der Waals surface area contributed by atoms with Crippen molar-refractivity contribution in [1.82, 2.24) is 4.72 Å². The minimum absolute atomic E-state index is 0.244. The van der Waals surface area contributed by atoms with E-state index in [0.29, 0.717) is 25.7 Å². The van der Waals surface area contributed by atoms with E-state index in [4.69, 9.17) is 0 Å². The first kappa shape index (κ1) is 15.8. The first-order valence-electron chi connectivity index (χ1n) is 7.62. The van der Waals surface area contributed by atoms with E-state index < -0.39 is 26.8 Å². The second-order valence-corrected chi connectivity index (χ2v) is 8.46. The molecule has 0 aromatic carbocycles. The van der Waals surface area contributed by atoms with Crippen molar-refractivity contribution in [2.45, 2.75) is 75.5 Å². The first-order chi connectivity index (χ1) is 9.36. The summed E-state index contributed by atoms with van der Waals surface area (Å²) in [6.07, 6.45) is 6.76. The highest BCUT2D eigenvalue weighted by atomic mass is 32.2. The molecule has 2 rings (SSSR count). The Morgan fingerprint density at radius 2 is 1.80 bits per heavy atom. The third-order valence-corrected chi connectivity index (χ3v) is 6.76. The molecule has 116 valence electrons. The Morgan fingerprint density at radius 1 is 1.15 bits per heavy atom. The summed E-state index contributed by atoms with van der Waals surface area (Å²) in [5.41, 5.74) is -1.28. The summed E-state index contributed by atoms with van der Waals surface area (Å²) in [6, 6.07) is 0. The molecule has 2 aliphatic carbocycles.